The minimum atomic E-state index is -4.32. The number of hydrogen-bond donors (Lipinski definition) is 1. The number of ether oxygens (including phenoxy) is 2. The average molecular weight is 497 g/mol. The van der Waals surface area contributed by atoms with Crippen LogP contribution in [0.3, 0.4) is 0 Å². The van der Waals surface area contributed by atoms with Gasteiger partial charge in [0.15, 0.2) is 6.10 Å². The molecule has 10 heteroatoms. The van der Waals surface area contributed by atoms with Crippen molar-refractivity contribution >= 4 is 19.8 Å². The number of likely N-dealkylation sites (N-methyl/N-ethyl adjacent to an activating group) is 1. The first-order valence-electron chi connectivity index (χ1n) is 12.3. The Hall–Kier alpha value is -0.990. The highest BCUT2D eigenvalue weighted by Crippen LogP contribution is 2.43. The molecule has 2 atom stereocenters. The molecule has 0 saturated heterocycles. The van der Waals surface area contributed by atoms with Crippen molar-refractivity contribution in [1.82, 2.24) is 0 Å². The Kier molecular flexibility index (Phi) is 17.8. The van der Waals surface area contributed by atoms with Gasteiger partial charge in [-0.25, -0.2) is 4.57 Å². The summed E-state index contributed by atoms with van der Waals surface area (Å²) in [4.78, 5) is 33.9. The van der Waals surface area contributed by atoms with Gasteiger partial charge in [0.2, 0.25) is 0 Å². The van der Waals surface area contributed by atoms with Gasteiger partial charge >= 0.3 is 19.8 Å². The van der Waals surface area contributed by atoms with E-state index in [4.69, 9.17) is 18.5 Å². The second-order valence-corrected chi connectivity index (χ2v) is 10.8. The van der Waals surface area contributed by atoms with Crippen LogP contribution in [0.2, 0.25) is 0 Å². The Balaban J connectivity index is 4.48. The molecule has 0 spiro atoms. The molecule has 0 heterocycles. The number of phosphoric acid groups is 1. The highest BCUT2D eigenvalue weighted by molar-refractivity contribution is 7.47. The molecule has 1 unspecified atom stereocenters. The molecule has 0 aliphatic heterocycles. The molecular weight excluding hydrogens is 449 g/mol. The highest BCUT2D eigenvalue weighted by Gasteiger charge is 2.26. The van der Waals surface area contributed by atoms with Crippen molar-refractivity contribution in [2.45, 2.75) is 90.6 Å². The highest BCUT2D eigenvalue weighted by atomic mass is 31.2. The van der Waals surface area contributed by atoms with Gasteiger partial charge in [-0.3, -0.25) is 18.6 Å². The number of unbranched alkanes of at least 4 members (excludes halogenated alkanes) is 7. The zero-order chi connectivity index (χ0) is 25.2. The number of carbonyl (C=O) groups is 2. The van der Waals surface area contributed by atoms with Crippen molar-refractivity contribution in [3.8, 4) is 0 Å². The van der Waals surface area contributed by atoms with E-state index in [2.05, 4.69) is 6.92 Å². The van der Waals surface area contributed by atoms with Gasteiger partial charge in [-0.1, -0.05) is 58.8 Å². The van der Waals surface area contributed by atoms with Gasteiger partial charge in [0.25, 0.3) is 0 Å². The van der Waals surface area contributed by atoms with Crippen LogP contribution in [-0.4, -0.2) is 74.9 Å². The van der Waals surface area contributed by atoms with E-state index in [0.29, 0.717) is 17.4 Å². The van der Waals surface area contributed by atoms with Crippen molar-refractivity contribution < 1.29 is 42.1 Å². The lowest BCUT2D eigenvalue weighted by atomic mass is 10.1. The van der Waals surface area contributed by atoms with Crippen molar-refractivity contribution in [2.24, 2.45) is 0 Å². The van der Waals surface area contributed by atoms with Gasteiger partial charge in [0, 0.05) is 12.8 Å². The monoisotopic (exact) mass is 496 g/mol. The van der Waals surface area contributed by atoms with E-state index in [1.165, 1.54) is 25.7 Å². The van der Waals surface area contributed by atoms with Gasteiger partial charge in [-0.05, 0) is 12.8 Å². The Morgan fingerprint density at radius 1 is 0.818 bits per heavy atom. The molecule has 0 aromatic heterocycles. The molecule has 0 bridgehead atoms. The van der Waals surface area contributed by atoms with Crippen LogP contribution < -0.4 is 0 Å². The van der Waals surface area contributed by atoms with E-state index >= 15 is 0 Å². The van der Waals surface area contributed by atoms with Gasteiger partial charge in [-0.15, -0.1) is 0 Å². The van der Waals surface area contributed by atoms with Gasteiger partial charge in [0.1, 0.15) is 19.8 Å². The predicted molar refractivity (Wildman–Crippen MR) is 128 cm³/mol. The van der Waals surface area contributed by atoms with Crippen molar-refractivity contribution in [3.05, 3.63) is 0 Å². The fourth-order valence-corrected chi connectivity index (χ4v) is 3.55. The molecule has 1 N–H and O–H groups in total. The Morgan fingerprint density at radius 3 is 2.00 bits per heavy atom. The SMILES string of the molecule is CCCCCCCCCC(=O)OC[C@@H](COP(=O)(O)OCC[N+](C)(C)C)OC(=O)CCCC. The quantitative estimate of drug-likeness (QED) is 0.106. The maximum Gasteiger partial charge on any atom is 0.472 e. The summed E-state index contributed by atoms with van der Waals surface area (Å²) >= 11 is 0. The van der Waals surface area contributed by atoms with Crippen LogP contribution in [0, 0.1) is 0 Å². The van der Waals surface area contributed by atoms with Gasteiger partial charge < -0.3 is 18.9 Å². The summed E-state index contributed by atoms with van der Waals surface area (Å²) in [6.45, 7) is 4.04. The lowest BCUT2D eigenvalue weighted by Crippen LogP contribution is -2.37. The summed E-state index contributed by atoms with van der Waals surface area (Å²) in [5, 5.41) is 0. The lowest BCUT2D eigenvalue weighted by Gasteiger charge is -2.24. The third-order valence-electron chi connectivity index (χ3n) is 4.89. The number of carbonyl (C=O) groups excluding carboxylic acids is 2. The summed E-state index contributed by atoms with van der Waals surface area (Å²) < 4.78 is 33.2. The topological polar surface area (TPSA) is 108 Å². The minimum Gasteiger partial charge on any atom is -0.462 e. The molecule has 0 amide bonds. The van der Waals surface area contributed by atoms with Crippen LogP contribution in [0.4, 0.5) is 0 Å². The van der Waals surface area contributed by atoms with Gasteiger partial charge in [-0.2, -0.15) is 0 Å². The molecule has 33 heavy (non-hydrogen) atoms. The fraction of sp³-hybridized carbons (Fsp3) is 0.913. The normalized spacial score (nSPS) is 14.5. The molecule has 0 aliphatic rings. The van der Waals surface area contributed by atoms with E-state index < -0.39 is 26.5 Å². The second kappa shape index (κ2) is 18.4. The number of quaternary nitrogens is 1. The smallest absolute Gasteiger partial charge is 0.462 e. The van der Waals surface area contributed by atoms with E-state index in [1.54, 1.807) is 0 Å². The molecule has 196 valence electrons. The number of phosphoric ester groups is 1. The molecule has 9 nitrogen and oxygen atoms in total. The van der Waals surface area contributed by atoms with Crippen LogP contribution in [0.1, 0.15) is 84.5 Å². The van der Waals surface area contributed by atoms with E-state index in [0.717, 1.165) is 25.7 Å². The number of hydrogen-bond acceptors (Lipinski definition) is 7. The Labute approximate surface area is 200 Å². The van der Waals surface area contributed by atoms with Gasteiger partial charge in [0.05, 0.1) is 27.7 Å². The molecule has 0 fully saturated rings. The third kappa shape index (κ3) is 21.3. The van der Waals surface area contributed by atoms with E-state index in [-0.39, 0.29) is 32.0 Å². The zero-order valence-electron chi connectivity index (χ0n) is 21.4. The molecule has 0 aromatic rings. The van der Waals surface area contributed by atoms with Crippen LogP contribution in [0.15, 0.2) is 0 Å². The maximum absolute atomic E-state index is 12.1. The number of rotatable bonds is 21. The summed E-state index contributed by atoms with van der Waals surface area (Å²) in [6, 6.07) is 0. The first kappa shape index (κ1) is 32.0. The van der Waals surface area contributed by atoms with Crippen LogP contribution in [0.5, 0.6) is 0 Å². The second-order valence-electron chi connectivity index (χ2n) is 9.38. The first-order valence-corrected chi connectivity index (χ1v) is 13.8. The lowest BCUT2D eigenvalue weighted by molar-refractivity contribution is -0.870. The third-order valence-corrected chi connectivity index (χ3v) is 5.87. The van der Waals surface area contributed by atoms with Crippen LogP contribution >= 0.6 is 7.82 Å². The standard InChI is InChI=1S/C23H46NO8P/c1-6-8-10-11-12-13-14-16-22(25)29-19-21(32-23(26)15-9-7-2)20-31-33(27,28)30-18-17-24(3,4)5/h21H,6-20H2,1-5H3/p+1/t21-/m0/s1. The molecule has 0 aliphatic carbocycles. The molecular formula is C23H47NO8P+. The number of esters is 2. The number of nitrogens with zero attached hydrogens (tertiary/aromatic N) is 1. The van der Waals surface area contributed by atoms with Crippen molar-refractivity contribution in [1.29, 1.82) is 0 Å². The maximum atomic E-state index is 12.1. The first-order chi connectivity index (χ1) is 15.5. The predicted octanol–water partition coefficient (Wildman–Crippen LogP) is 4.61. The Morgan fingerprint density at radius 2 is 1.39 bits per heavy atom. The minimum absolute atomic E-state index is 0.0334. The summed E-state index contributed by atoms with van der Waals surface area (Å²) in [6.07, 6.45) is 8.67. The van der Waals surface area contributed by atoms with Crippen LogP contribution in [-0.2, 0) is 32.7 Å². The summed E-state index contributed by atoms with van der Waals surface area (Å²) in [5.41, 5.74) is 0. The fourth-order valence-electron chi connectivity index (χ4n) is 2.81. The average Bonchev–Trinajstić information content (AvgIpc) is 2.72. The van der Waals surface area contributed by atoms with Crippen molar-refractivity contribution in [2.75, 3.05) is 47.5 Å². The molecule has 0 aromatic carbocycles. The molecule has 0 radical (unpaired) electrons. The summed E-state index contributed by atoms with van der Waals surface area (Å²) in [7, 11) is 1.47. The van der Waals surface area contributed by atoms with E-state index in [1.807, 2.05) is 28.1 Å². The molecule has 0 rings (SSSR count). The largest absolute Gasteiger partial charge is 0.472 e. The summed E-state index contributed by atoms with van der Waals surface area (Å²) in [5.74, 6) is -0.850. The van der Waals surface area contributed by atoms with Crippen LogP contribution in [0.25, 0.3) is 0 Å². The van der Waals surface area contributed by atoms with E-state index in [9.17, 15) is 19.0 Å². The van der Waals surface area contributed by atoms with Crippen molar-refractivity contribution in [3.63, 3.8) is 0 Å². The zero-order valence-corrected chi connectivity index (χ0v) is 22.3. The Bertz CT molecular complexity index is 579. The molecule has 0 saturated carbocycles.